The second kappa shape index (κ2) is 5.97. The molecule has 1 aliphatic rings. The van der Waals surface area contributed by atoms with Crippen molar-refractivity contribution in [3.05, 3.63) is 23.6 Å². The number of hydrogen-bond donors (Lipinski definition) is 1. The standard InChI is InChI=1S/C13H17FN2O3/c1-16(8-9-3-6-19-7-4-9)12-11(14)10(13(17)18)2-5-15-12/h2,5,9H,3-4,6-8H2,1H3,(H,17,18). The van der Waals surface area contributed by atoms with Gasteiger partial charge in [-0.3, -0.25) is 0 Å². The van der Waals surface area contributed by atoms with Crippen LogP contribution in [0.2, 0.25) is 0 Å². The van der Waals surface area contributed by atoms with Gasteiger partial charge in [0.25, 0.3) is 0 Å². The molecule has 1 fully saturated rings. The third-order valence-corrected chi connectivity index (χ3v) is 3.34. The molecule has 1 saturated heterocycles. The fraction of sp³-hybridized carbons (Fsp3) is 0.538. The molecule has 0 atom stereocenters. The Balaban J connectivity index is 2.12. The first-order valence-electron chi connectivity index (χ1n) is 6.26. The SMILES string of the molecule is CN(CC1CCOCC1)c1nccc(C(=O)O)c1F. The van der Waals surface area contributed by atoms with Crippen LogP contribution in [0.3, 0.4) is 0 Å². The largest absolute Gasteiger partial charge is 0.478 e. The number of aromatic nitrogens is 1. The third kappa shape index (κ3) is 3.20. The molecule has 1 aliphatic heterocycles. The Hall–Kier alpha value is -1.69. The smallest absolute Gasteiger partial charge is 0.338 e. The minimum absolute atomic E-state index is 0.0893. The van der Waals surface area contributed by atoms with Gasteiger partial charge in [-0.2, -0.15) is 0 Å². The van der Waals surface area contributed by atoms with E-state index in [0.717, 1.165) is 26.1 Å². The van der Waals surface area contributed by atoms with E-state index in [-0.39, 0.29) is 11.4 Å². The van der Waals surface area contributed by atoms with Gasteiger partial charge >= 0.3 is 5.97 Å². The Morgan fingerprint density at radius 1 is 1.58 bits per heavy atom. The molecule has 19 heavy (non-hydrogen) atoms. The summed E-state index contributed by atoms with van der Waals surface area (Å²) in [5.74, 6) is -1.54. The molecule has 2 rings (SSSR count). The highest BCUT2D eigenvalue weighted by molar-refractivity contribution is 5.88. The molecule has 0 unspecified atom stereocenters. The number of nitrogens with zero attached hydrogens (tertiary/aromatic N) is 2. The zero-order valence-electron chi connectivity index (χ0n) is 10.8. The van der Waals surface area contributed by atoms with Crippen LogP contribution in [0.5, 0.6) is 0 Å². The van der Waals surface area contributed by atoms with Crippen molar-refractivity contribution in [1.29, 1.82) is 0 Å². The van der Waals surface area contributed by atoms with Crippen LogP contribution in [0, 0.1) is 11.7 Å². The predicted molar refractivity (Wildman–Crippen MR) is 68.0 cm³/mol. The van der Waals surface area contributed by atoms with Crippen molar-refractivity contribution < 1.29 is 19.0 Å². The van der Waals surface area contributed by atoms with Gasteiger partial charge in [-0.05, 0) is 24.8 Å². The number of halogens is 1. The van der Waals surface area contributed by atoms with Gasteiger partial charge in [-0.25, -0.2) is 14.2 Å². The zero-order chi connectivity index (χ0) is 13.8. The lowest BCUT2D eigenvalue weighted by atomic mass is 10.00. The van der Waals surface area contributed by atoms with Crippen molar-refractivity contribution in [3.63, 3.8) is 0 Å². The first-order chi connectivity index (χ1) is 9.09. The molecule has 1 aromatic heterocycles. The van der Waals surface area contributed by atoms with Crippen LogP contribution in [-0.4, -0.2) is 42.9 Å². The topological polar surface area (TPSA) is 62.7 Å². The van der Waals surface area contributed by atoms with E-state index in [0.29, 0.717) is 12.5 Å². The molecule has 0 aliphatic carbocycles. The predicted octanol–water partition coefficient (Wildman–Crippen LogP) is 1.78. The summed E-state index contributed by atoms with van der Waals surface area (Å²) in [4.78, 5) is 16.5. The molecule has 0 radical (unpaired) electrons. The number of hydrogen-bond acceptors (Lipinski definition) is 4. The van der Waals surface area contributed by atoms with Crippen LogP contribution in [-0.2, 0) is 4.74 Å². The maximum atomic E-state index is 14.0. The highest BCUT2D eigenvalue weighted by Gasteiger charge is 2.21. The average Bonchev–Trinajstić information content (AvgIpc) is 2.39. The van der Waals surface area contributed by atoms with Crippen LogP contribution in [0.1, 0.15) is 23.2 Å². The first-order valence-corrected chi connectivity index (χ1v) is 6.26. The molecule has 0 bridgehead atoms. The first kappa shape index (κ1) is 13.7. The molecule has 2 heterocycles. The number of rotatable bonds is 4. The van der Waals surface area contributed by atoms with E-state index in [1.807, 2.05) is 0 Å². The van der Waals surface area contributed by atoms with Crippen LogP contribution < -0.4 is 4.90 Å². The molecule has 0 amide bonds. The normalized spacial score (nSPS) is 16.3. The molecule has 0 spiro atoms. The number of pyridine rings is 1. The molecule has 0 aromatic carbocycles. The highest BCUT2D eigenvalue weighted by Crippen LogP contribution is 2.22. The van der Waals surface area contributed by atoms with Crippen LogP contribution in [0.15, 0.2) is 12.3 Å². The van der Waals surface area contributed by atoms with Crippen molar-refractivity contribution in [2.45, 2.75) is 12.8 Å². The van der Waals surface area contributed by atoms with Gasteiger partial charge in [-0.1, -0.05) is 0 Å². The summed E-state index contributed by atoms with van der Waals surface area (Å²) in [5, 5.41) is 8.89. The number of anilines is 1. The third-order valence-electron chi connectivity index (χ3n) is 3.34. The van der Waals surface area contributed by atoms with Crippen LogP contribution in [0.25, 0.3) is 0 Å². The lowest BCUT2D eigenvalue weighted by molar-refractivity contribution is 0.0684. The second-order valence-corrected chi connectivity index (χ2v) is 4.74. The number of ether oxygens (including phenoxy) is 1. The Bertz CT molecular complexity index is 461. The van der Waals surface area contributed by atoms with Gasteiger partial charge < -0.3 is 14.7 Å². The van der Waals surface area contributed by atoms with Crippen molar-refractivity contribution in [2.75, 3.05) is 31.7 Å². The molecule has 6 heteroatoms. The number of carboxylic acid groups (broad SMARTS) is 1. The van der Waals surface area contributed by atoms with E-state index in [4.69, 9.17) is 9.84 Å². The minimum atomic E-state index is -1.28. The maximum Gasteiger partial charge on any atom is 0.338 e. The monoisotopic (exact) mass is 268 g/mol. The van der Waals surface area contributed by atoms with Gasteiger partial charge in [0.2, 0.25) is 0 Å². The molecule has 0 saturated carbocycles. The van der Waals surface area contributed by atoms with Crippen molar-refractivity contribution >= 4 is 11.8 Å². The summed E-state index contributed by atoms with van der Waals surface area (Å²) >= 11 is 0. The van der Waals surface area contributed by atoms with Crippen molar-refractivity contribution in [3.8, 4) is 0 Å². The summed E-state index contributed by atoms with van der Waals surface area (Å²) in [6.07, 6.45) is 3.19. The van der Waals surface area contributed by atoms with E-state index < -0.39 is 11.8 Å². The summed E-state index contributed by atoms with van der Waals surface area (Å²) in [5.41, 5.74) is -0.344. The Labute approximate surface area is 111 Å². The molecule has 1 N–H and O–H groups in total. The van der Waals surface area contributed by atoms with Crippen LogP contribution in [0.4, 0.5) is 10.2 Å². The van der Waals surface area contributed by atoms with Gasteiger partial charge in [0.1, 0.15) is 5.56 Å². The molecule has 1 aromatic rings. The number of carboxylic acids is 1. The maximum absolute atomic E-state index is 14.0. The van der Waals surface area contributed by atoms with E-state index in [1.165, 1.54) is 12.3 Å². The van der Waals surface area contributed by atoms with Gasteiger partial charge in [-0.15, -0.1) is 0 Å². The summed E-state index contributed by atoms with van der Waals surface area (Å²) < 4.78 is 19.3. The summed E-state index contributed by atoms with van der Waals surface area (Å²) in [7, 11) is 1.73. The van der Waals surface area contributed by atoms with E-state index in [1.54, 1.807) is 11.9 Å². The lowest BCUT2D eigenvalue weighted by Crippen LogP contribution is -2.31. The fourth-order valence-corrected chi connectivity index (χ4v) is 2.27. The second-order valence-electron chi connectivity index (χ2n) is 4.74. The van der Waals surface area contributed by atoms with Crippen LogP contribution >= 0.6 is 0 Å². The van der Waals surface area contributed by atoms with Crippen molar-refractivity contribution in [1.82, 2.24) is 4.98 Å². The van der Waals surface area contributed by atoms with Gasteiger partial charge in [0, 0.05) is 33.0 Å². The molecule has 104 valence electrons. The van der Waals surface area contributed by atoms with E-state index >= 15 is 0 Å². The Morgan fingerprint density at radius 3 is 2.89 bits per heavy atom. The lowest BCUT2D eigenvalue weighted by Gasteiger charge is -2.28. The molecular weight excluding hydrogens is 251 g/mol. The summed E-state index contributed by atoms with van der Waals surface area (Å²) in [6.45, 7) is 2.10. The number of carbonyl (C=O) groups is 1. The zero-order valence-corrected chi connectivity index (χ0v) is 10.8. The van der Waals surface area contributed by atoms with E-state index in [2.05, 4.69) is 4.98 Å². The van der Waals surface area contributed by atoms with Crippen molar-refractivity contribution in [2.24, 2.45) is 5.92 Å². The molecular formula is C13H17FN2O3. The highest BCUT2D eigenvalue weighted by atomic mass is 19.1. The summed E-state index contributed by atoms with van der Waals surface area (Å²) in [6, 6.07) is 1.17. The quantitative estimate of drug-likeness (QED) is 0.902. The fourth-order valence-electron chi connectivity index (χ4n) is 2.27. The Morgan fingerprint density at radius 2 is 2.26 bits per heavy atom. The van der Waals surface area contributed by atoms with Gasteiger partial charge in [0.15, 0.2) is 11.6 Å². The van der Waals surface area contributed by atoms with Gasteiger partial charge in [0.05, 0.1) is 0 Å². The molecule has 5 nitrogen and oxygen atoms in total. The average molecular weight is 268 g/mol. The minimum Gasteiger partial charge on any atom is -0.478 e. The van der Waals surface area contributed by atoms with E-state index in [9.17, 15) is 9.18 Å². The number of aromatic carboxylic acids is 1. The Kier molecular flexibility index (Phi) is 4.31.